The van der Waals surface area contributed by atoms with Crippen molar-refractivity contribution >= 4 is 29.4 Å². The molecule has 1 aliphatic rings. The largest absolute Gasteiger partial charge is 0.457 e. The molecule has 0 amide bonds. The van der Waals surface area contributed by atoms with E-state index in [2.05, 4.69) is 59.5 Å². The number of aromatic nitrogens is 1. The zero-order valence-corrected chi connectivity index (χ0v) is 17.8. The Morgan fingerprint density at radius 2 is 1.52 bits per heavy atom. The first-order valence-electron chi connectivity index (χ1n) is 9.51. The van der Waals surface area contributed by atoms with Gasteiger partial charge in [0.05, 0.1) is 16.1 Å². The van der Waals surface area contributed by atoms with Crippen LogP contribution in [-0.4, -0.2) is 3.96 Å². The topological polar surface area (TPSA) is 26.2 Å². The van der Waals surface area contributed by atoms with Gasteiger partial charge in [0.1, 0.15) is 16.1 Å². The van der Waals surface area contributed by atoms with Gasteiger partial charge in [-0.05, 0) is 56.3 Å². The molecule has 0 atom stereocenters. The summed E-state index contributed by atoms with van der Waals surface area (Å²) in [7, 11) is 0. The lowest BCUT2D eigenvalue weighted by Gasteiger charge is -2.33. The fourth-order valence-electron chi connectivity index (χ4n) is 3.69. The standard InChI is InChI=1S/C24H20N2OS2/c1-24(2)22-21(19-10-6-7-11-20(19)25-24)23(28)26(29-22)16-12-14-18(15-13-16)27-17-8-4-3-5-9-17/h3-15,25H,1-2H3. The third-order valence-electron chi connectivity index (χ3n) is 5.07. The Balaban J connectivity index is 1.55. The van der Waals surface area contributed by atoms with E-state index in [1.165, 1.54) is 10.4 Å². The monoisotopic (exact) mass is 416 g/mol. The molecular formula is C24H20N2OS2. The van der Waals surface area contributed by atoms with Gasteiger partial charge in [-0.2, -0.15) is 0 Å². The summed E-state index contributed by atoms with van der Waals surface area (Å²) >= 11 is 7.63. The third-order valence-corrected chi connectivity index (χ3v) is 7.04. The molecule has 0 spiro atoms. The lowest BCUT2D eigenvalue weighted by molar-refractivity contribution is 0.482. The number of ether oxygens (including phenoxy) is 1. The van der Waals surface area contributed by atoms with Crippen LogP contribution < -0.4 is 10.1 Å². The number of anilines is 1. The first-order chi connectivity index (χ1) is 14.0. The molecule has 0 radical (unpaired) electrons. The zero-order valence-electron chi connectivity index (χ0n) is 16.2. The van der Waals surface area contributed by atoms with Gasteiger partial charge >= 0.3 is 0 Å². The van der Waals surface area contributed by atoms with Crippen molar-refractivity contribution in [1.29, 1.82) is 0 Å². The molecule has 0 aliphatic carbocycles. The second-order valence-electron chi connectivity index (χ2n) is 7.60. The van der Waals surface area contributed by atoms with Gasteiger partial charge in [-0.1, -0.05) is 60.1 Å². The molecule has 1 aliphatic heterocycles. The zero-order chi connectivity index (χ0) is 20.0. The van der Waals surface area contributed by atoms with E-state index < -0.39 is 0 Å². The Labute approximate surface area is 179 Å². The van der Waals surface area contributed by atoms with Gasteiger partial charge in [-0.25, -0.2) is 0 Å². The fraction of sp³-hybridized carbons (Fsp3) is 0.125. The molecule has 1 aromatic heterocycles. The number of nitrogens with one attached hydrogen (secondary N) is 1. The van der Waals surface area contributed by atoms with Gasteiger partial charge in [0, 0.05) is 16.8 Å². The quantitative estimate of drug-likeness (QED) is 0.353. The summed E-state index contributed by atoms with van der Waals surface area (Å²) in [5.74, 6) is 1.63. The average molecular weight is 417 g/mol. The highest BCUT2D eigenvalue weighted by molar-refractivity contribution is 7.71. The summed E-state index contributed by atoms with van der Waals surface area (Å²) in [5.41, 5.74) is 4.33. The molecular weight excluding hydrogens is 396 g/mol. The van der Waals surface area contributed by atoms with Crippen molar-refractivity contribution in [2.45, 2.75) is 19.4 Å². The summed E-state index contributed by atoms with van der Waals surface area (Å²) in [6.07, 6.45) is 0. The molecule has 4 aromatic rings. The van der Waals surface area contributed by atoms with Crippen LogP contribution >= 0.6 is 23.8 Å². The SMILES string of the molecule is CC1(C)Nc2ccccc2-c2c1sn(-c1ccc(Oc3ccccc3)cc1)c2=S. The molecule has 0 bridgehead atoms. The van der Waals surface area contributed by atoms with Crippen LogP contribution in [0.4, 0.5) is 5.69 Å². The smallest absolute Gasteiger partial charge is 0.129 e. The predicted molar refractivity (Wildman–Crippen MR) is 123 cm³/mol. The van der Waals surface area contributed by atoms with Gasteiger partial charge in [-0.3, -0.25) is 3.96 Å². The minimum absolute atomic E-state index is 0.177. The predicted octanol–water partition coefficient (Wildman–Crippen LogP) is 7.39. The van der Waals surface area contributed by atoms with Crippen molar-refractivity contribution in [3.05, 3.63) is 88.4 Å². The minimum Gasteiger partial charge on any atom is -0.457 e. The van der Waals surface area contributed by atoms with Gasteiger partial charge in [0.2, 0.25) is 0 Å². The molecule has 0 fully saturated rings. The summed E-state index contributed by atoms with van der Waals surface area (Å²) in [5, 5.41) is 3.65. The van der Waals surface area contributed by atoms with E-state index in [-0.39, 0.29) is 5.54 Å². The van der Waals surface area contributed by atoms with Crippen LogP contribution in [0.25, 0.3) is 16.8 Å². The highest BCUT2D eigenvalue weighted by Crippen LogP contribution is 2.47. The number of hydrogen-bond acceptors (Lipinski definition) is 4. The number of rotatable bonds is 3. The molecule has 0 unspecified atom stereocenters. The Bertz CT molecular complexity index is 1240. The Morgan fingerprint density at radius 3 is 2.28 bits per heavy atom. The summed E-state index contributed by atoms with van der Waals surface area (Å²) < 4.78 is 8.91. The molecule has 3 nitrogen and oxygen atoms in total. The van der Waals surface area contributed by atoms with Crippen molar-refractivity contribution in [2.24, 2.45) is 0 Å². The van der Waals surface area contributed by atoms with E-state index in [1.54, 1.807) is 11.5 Å². The van der Waals surface area contributed by atoms with Crippen molar-refractivity contribution in [3.8, 4) is 28.3 Å². The highest BCUT2D eigenvalue weighted by Gasteiger charge is 2.34. The number of benzene rings is 3. The lowest BCUT2D eigenvalue weighted by atomic mass is 9.90. The first-order valence-corrected chi connectivity index (χ1v) is 10.7. The van der Waals surface area contributed by atoms with Crippen LogP contribution in [0.3, 0.4) is 0 Å². The van der Waals surface area contributed by atoms with Gasteiger partial charge in [0.25, 0.3) is 0 Å². The van der Waals surface area contributed by atoms with E-state index in [9.17, 15) is 0 Å². The van der Waals surface area contributed by atoms with Crippen molar-refractivity contribution in [3.63, 3.8) is 0 Å². The molecule has 144 valence electrons. The molecule has 5 heteroatoms. The van der Waals surface area contributed by atoms with E-state index in [1.807, 2.05) is 42.5 Å². The second-order valence-corrected chi connectivity index (χ2v) is 8.94. The van der Waals surface area contributed by atoms with Crippen LogP contribution in [0.1, 0.15) is 18.7 Å². The maximum absolute atomic E-state index is 5.93. The Hall–Kier alpha value is -2.89. The second kappa shape index (κ2) is 6.87. The first kappa shape index (κ1) is 18.2. The highest BCUT2D eigenvalue weighted by atomic mass is 32.1. The van der Waals surface area contributed by atoms with Crippen LogP contribution in [0.15, 0.2) is 78.9 Å². The Morgan fingerprint density at radius 1 is 0.862 bits per heavy atom. The number of fused-ring (bicyclic) bond motifs is 3. The van der Waals surface area contributed by atoms with E-state index >= 15 is 0 Å². The number of hydrogen-bond donors (Lipinski definition) is 1. The van der Waals surface area contributed by atoms with Crippen LogP contribution in [0.2, 0.25) is 0 Å². The number of nitrogens with zero attached hydrogens (tertiary/aromatic N) is 1. The summed E-state index contributed by atoms with van der Waals surface area (Å²) in [4.78, 5) is 1.26. The summed E-state index contributed by atoms with van der Waals surface area (Å²) in [6, 6.07) is 26.3. The van der Waals surface area contributed by atoms with E-state index in [4.69, 9.17) is 17.0 Å². The maximum Gasteiger partial charge on any atom is 0.129 e. The van der Waals surface area contributed by atoms with Crippen molar-refractivity contribution < 1.29 is 4.74 Å². The van der Waals surface area contributed by atoms with Gasteiger partial charge in [0.15, 0.2) is 0 Å². The molecule has 29 heavy (non-hydrogen) atoms. The molecule has 0 saturated carbocycles. The van der Waals surface area contributed by atoms with Crippen molar-refractivity contribution in [1.82, 2.24) is 3.96 Å². The third kappa shape index (κ3) is 3.16. The summed E-state index contributed by atoms with van der Waals surface area (Å²) in [6.45, 7) is 4.41. The maximum atomic E-state index is 5.93. The van der Waals surface area contributed by atoms with Gasteiger partial charge in [-0.15, -0.1) is 0 Å². The Kier molecular flexibility index (Phi) is 4.30. The molecule has 2 heterocycles. The number of para-hydroxylation sites is 2. The lowest BCUT2D eigenvalue weighted by Crippen LogP contribution is -2.30. The average Bonchev–Trinajstić information content (AvgIpc) is 3.08. The van der Waals surface area contributed by atoms with Gasteiger partial charge < -0.3 is 10.1 Å². The minimum atomic E-state index is -0.177. The fourth-order valence-corrected chi connectivity index (χ4v) is 5.34. The van der Waals surface area contributed by atoms with Crippen LogP contribution in [0.5, 0.6) is 11.5 Å². The molecule has 1 N–H and O–H groups in total. The normalized spacial score (nSPS) is 13.9. The van der Waals surface area contributed by atoms with Crippen LogP contribution in [0, 0.1) is 4.64 Å². The van der Waals surface area contributed by atoms with Crippen molar-refractivity contribution in [2.75, 3.05) is 5.32 Å². The van der Waals surface area contributed by atoms with E-state index in [0.717, 1.165) is 33.1 Å². The van der Waals surface area contributed by atoms with Crippen LogP contribution in [-0.2, 0) is 5.54 Å². The molecule has 0 saturated heterocycles. The molecule has 5 rings (SSSR count). The van der Waals surface area contributed by atoms with E-state index in [0.29, 0.717) is 0 Å². The molecule has 3 aromatic carbocycles.